The van der Waals surface area contributed by atoms with Crippen molar-refractivity contribution in [3.63, 3.8) is 0 Å². The lowest BCUT2D eigenvalue weighted by atomic mass is 10.1. The van der Waals surface area contributed by atoms with Crippen LogP contribution in [0.25, 0.3) is 0 Å². The Morgan fingerprint density at radius 2 is 1.46 bits per heavy atom. The average molecular weight is 402 g/mol. The van der Waals surface area contributed by atoms with Crippen molar-refractivity contribution in [2.45, 2.75) is 13.8 Å². The minimum Gasteiger partial charge on any atom is -0.326 e. The summed E-state index contributed by atoms with van der Waals surface area (Å²) >= 11 is 0. The van der Waals surface area contributed by atoms with Gasteiger partial charge in [0.15, 0.2) is 0 Å². The molecule has 28 heavy (non-hydrogen) atoms. The van der Waals surface area contributed by atoms with E-state index >= 15 is 0 Å². The van der Waals surface area contributed by atoms with Gasteiger partial charge >= 0.3 is 0 Å². The Hall–Kier alpha value is -3.20. The molecule has 0 fully saturated rings. The SMILES string of the molecule is CC(=O)Nc1ccc(/C(C)=N\NC(=O)c2ccc(N(C)S(C)(=O)=O)cc2)cc1. The minimum absolute atomic E-state index is 0.154. The highest BCUT2D eigenvalue weighted by Gasteiger charge is 2.12. The van der Waals surface area contributed by atoms with Crippen LogP contribution in [-0.4, -0.2) is 39.2 Å². The fraction of sp³-hybridized carbons (Fsp3) is 0.211. The number of carbonyl (C=O) groups is 2. The molecule has 0 heterocycles. The van der Waals surface area contributed by atoms with Crippen molar-refractivity contribution in [3.05, 3.63) is 59.7 Å². The van der Waals surface area contributed by atoms with Crippen LogP contribution >= 0.6 is 0 Å². The molecule has 0 aliphatic rings. The summed E-state index contributed by atoms with van der Waals surface area (Å²) in [6.45, 7) is 3.18. The van der Waals surface area contributed by atoms with Crippen LogP contribution in [0.1, 0.15) is 29.8 Å². The molecule has 0 aliphatic heterocycles. The summed E-state index contributed by atoms with van der Waals surface area (Å²) in [5, 5.41) is 6.76. The highest BCUT2D eigenvalue weighted by atomic mass is 32.2. The molecule has 0 radical (unpaired) electrons. The van der Waals surface area contributed by atoms with Crippen molar-refractivity contribution in [2.24, 2.45) is 5.10 Å². The van der Waals surface area contributed by atoms with Gasteiger partial charge in [0.2, 0.25) is 15.9 Å². The summed E-state index contributed by atoms with van der Waals surface area (Å²) in [6.07, 6.45) is 1.10. The van der Waals surface area contributed by atoms with Gasteiger partial charge in [-0.05, 0) is 48.9 Å². The second-order valence-corrected chi connectivity index (χ2v) is 8.19. The van der Waals surface area contributed by atoms with Crippen molar-refractivity contribution in [3.8, 4) is 0 Å². The van der Waals surface area contributed by atoms with E-state index in [1.807, 2.05) is 0 Å². The lowest BCUT2D eigenvalue weighted by Gasteiger charge is -2.16. The van der Waals surface area contributed by atoms with Crippen molar-refractivity contribution < 1.29 is 18.0 Å². The number of benzene rings is 2. The van der Waals surface area contributed by atoms with E-state index in [1.165, 1.54) is 26.1 Å². The van der Waals surface area contributed by atoms with Crippen LogP contribution in [0.3, 0.4) is 0 Å². The van der Waals surface area contributed by atoms with Gasteiger partial charge in [-0.3, -0.25) is 13.9 Å². The molecule has 0 atom stereocenters. The zero-order valence-electron chi connectivity index (χ0n) is 16.1. The van der Waals surface area contributed by atoms with Crippen LogP contribution in [-0.2, 0) is 14.8 Å². The topological polar surface area (TPSA) is 108 Å². The van der Waals surface area contributed by atoms with E-state index in [9.17, 15) is 18.0 Å². The smallest absolute Gasteiger partial charge is 0.271 e. The Balaban J connectivity index is 2.05. The molecule has 2 aromatic carbocycles. The first-order valence-electron chi connectivity index (χ1n) is 8.34. The van der Waals surface area contributed by atoms with Crippen LogP contribution in [0, 0.1) is 0 Å². The van der Waals surface area contributed by atoms with Gasteiger partial charge in [-0.25, -0.2) is 13.8 Å². The Kier molecular flexibility index (Phi) is 6.53. The first-order chi connectivity index (χ1) is 13.1. The number of nitrogens with zero attached hydrogens (tertiary/aromatic N) is 2. The van der Waals surface area contributed by atoms with Crippen LogP contribution in [0.4, 0.5) is 11.4 Å². The molecule has 0 aromatic heterocycles. The van der Waals surface area contributed by atoms with E-state index in [0.717, 1.165) is 16.1 Å². The average Bonchev–Trinajstić information content (AvgIpc) is 2.64. The fourth-order valence-corrected chi connectivity index (χ4v) is 2.78. The standard InChI is InChI=1S/C19H22N4O4S/c1-13(15-5-9-17(10-6-15)20-14(2)24)21-22-19(25)16-7-11-18(12-8-16)23(3)28(4,26)27/h5-12H,1-4H3,(H,20,24)(H,22,25)/b21-13-. The quantitative estimate of drug-likeness (QED) is 0.570. The molecule has 0 unspecified atom stereocenters. The normalized spacial score (nSPS) is 11.6. The summed E-state index contributed by atoms with van der Waals surface area (Å²) < 4.78 is 24.2. The third-order valence-corrected chi connectivity index (χ3v) is 5.14. The summed E-state index contributed by atoms with van der Waals surface area (Å²) in [5.41, 5.74) is 5.34. The number of hydrazone groups is 1. The maximum absolute atomic E-state index is 12.2. The molecule has 0 saturated heterocycles. The predicted molar refractivity (Wildman–Crippen MR) is 110 cm³/mol. The Morgan fingerprint density at radius 3 is 1.96 bits per heavy atom. The van der Waals surface area contributed by atoms with E-state index < -0.39 is 15.9 Å². The van der Waals surface area contributed by atoms with E-state index in [1.54, 1.807) is 43.3 Å². The molecular formula is C19H22N4O4S. The molecule has 0 saturated carbocycles. The summed E-state index contributed by atoms with van der Waals surface area (Å²) in [5.74, 6) is -0.568. The van der Waals surface area contributed by atoms with Gasteiger partial charge in [0.05, 0.1) is 17.7 Å². The largest absolute Gasteiger partial charge is 0.326 e. The van der Waals surface area contributed by atoms with Crippen LogP contribution in [0.15, 0.2) is 53.6 Å². The minimum atomic E-state index is -3.36. The number of carbonyl (C=O) groups excluding carboxylic acids is 2. The second kappa shape index (κ2) is 8.66. The number of anilines is 2. The Bertz CT molecular complexity index is 997. The molecule has 8 nitrogen and oxygen atoms in total. The molecule has 2 amide bonds. The Morgan fingerprint density at radius 1 is 0.929 bits per heavy atom. The molecule has 0 aliphatic carbocycles. The molecule has 0 bridgehead atoms. The lowest BCUT2D eigenvalue weighted by molar-refractivity contribution is -0.114. The van der Waals surface area contributed by atoms with E-state index in [2.05, 4.69) is 15.8 Å². The predicted octanol–water partition coefficient (Wildman–Crippen LogP) is 2.19. The molecule has 2 rings (SSSR count). The van der Waals surface area contributed by atoms with Crippen molar-refractivity contribution >= 4 is 38.9 Å². The molecular weight excluding hydrogens is 380 g/mol. The number of rotatable bonds is 6. The van der Waals surface area contributed by atoms with Crippen LogP contribution in [0.5, 0.6) is 0 Å². The number of sulfonamides is 1. The monoisotopic (exact) mass is 402 g/mol. The van der Waals surface area contributed by atoms with Gasteiger partial charge in [-0.1, -0.05) is 12.1 Å². The third-order valence-electron chi connectivity index (χ3n) is 3.94. The van der Waals surface area contributed by atoms with Crippen LogP contribution in [0.2, 0.25) is 0 Å². The van der Waals surface area contributed by atoms with Crippen LogP contribution < -0.4 is 15.0 Å². The zero-order chi connectivity index (χ0) is 20.9. The molecule has 2 N–H and O–H groups in total. The zero-order valence-corrected chi connectivity index (χ0v) is 16.9. The van der Waals surface area contributed by atoms with Crippen molar-refractivity contribution in [2.75, 3.05) is 22.9 Å². The molecule has 0 spiro atoms. The highest BCUT2D eigenvalue weighted by molar-refractivity contribution is 7.92. The van der Waals surface area contributed by atoms with Gasteiger partial charge in [0.25, 0.3) is 5.91 Å². The summed E-state index contributed by atoms with van der Waals surface area (Å²) in [7, 11) is -1.92. The summed E-state index contributed by atoms with van der Waals surface area (Å²) in [6, 6.07) is 13.2. The van der Waals surface area contributed by atoms with Crippen molar-refractivity contribution in [1.29, 1.82) is 0 Å². The van der Waals surface area contributed by atoms with Gasteiger partial charge < -0.3 is 5.32 Å². The second-order valence-electron chi connectivity index (χ2n) is 6.17. The number of hydrogen-bond acceptors (Lipinski definition) is 5. The van der Waals surface area contributed by atoms with Gasteiger partial charge in [-0.15, -0.1) is 0 Å². The van der Waals surface area contributed by atoms with Crippen molar-refractivity contribution in [1.82, 2.24) is 5.43 Å². The summed E-state index contributed by atoms with van der Waals surface area (Å²) in [4.78, 5) is 23.3. The number of amides is 2. The van der Waals surface area contributed by atoms with E-state index in [-0.39, 0.29) is 5.91 Å². The Labute approximate surface area is 164 Å². The molecule has 9 heteroatoms. The van der Waals surface area contributed by atoms with Gasteiger partial charge in [0, 0.05) is 25.2 Å². The van der Waals surface area contributed by atoms with Gasteiger partial charge in [-0.2, -0.15) is 5.10 Å². The first kappa shape index (κ1) is 21.1. The molecule has 148 valence electrons. The van der Waals surface area contributed by atoms with E-state index in [0.29, 0.717) is 22.6 Å². The number of nitrogens with one attached hydrogen (secondary N) is 2. The first-order valence-corrected chi connectivity index (χ1v) is 10.2. The fourth-order valence-electron chi connectivity index (χ4n) is 2.28. The lowest BCUT2D eigenvalue weighted by Crippen LogP contribution is -2.25. The number of hydrogen-bond donors (Lipinski definition) is 2. The molecule has 2 aromatic rings. The highest BCUT2D eigenvalue weighted by Crippen LogP contribution is 2.16. The maximum atomic E-state index is 12.2. The van der Waals surface area contributed by atoms with E-state index in [4.69, 9.17) is 0 Å². The van der Waals surface area contributed by atoms with Gasteiger partial charge in [0.1, 0.15) is 0 Å². The maximum Gasteiger partial charge on any atom is 0.271 e. The third kappa shape index (κ3) is 5.65.